The normalized spacial score (nSPS) is 13.6. The number of hydrogen-bond donors (Lipinski definition) is 0. The highest BCUT2D eigenvalue weighted by Crippen LogP contribution is 2.18. The van der Waals surface area contributed by atoms with Gasteiger partial charge in [-0.05, 0) is 36.5 Å². The number of sulfone groups is 1. The average molecular weight is 340 g/mol. The first-order valence-corrected chi connectivity index (χ1v) is 8.77. The summed E-state index contributed by atoms with van der Waals surface area (Å²) in [6, 6.07) is 8.02. The van der Waals surface area contributed by atoms with Crippen LogP contribution in [0.5, 0.6) is 0 Å². The highest BCUT2D eigenvalue weighted by atomic mass is 79.9. The number of alkyl halides is 1. The van der Waals surface area contributed by atoms with Gasteiger partial charge in [0, 0.05) is 16.6 Å². The maximum Gasteiger partial charge on any atom is 0.147 e. The fourth-order valence-corrected chi connectivity index (χ4v) is 3.08. The van der Waals surface area contributed by atoms with Crippen LogP contribution in [0.1, 0.15) is 12.0 Å². The van der Waals surface area contributed by atoms with Crippen molar-refractivity contribution in [2.75, 3.05) is 17.9 Å². The maximum atomic E-state index is 11.1. The molecule has 5 heteroatoms. The largest absolute Gasteiger partial charge is 0.229 e. The first-order valence-electron chi connectivity index (χ1n) is 5.39. The van der Waals surface area contributed by atoms with E-state index in [1.54, 1.807) is 0 Å². The molecule has 17 heavy (non-hydrogen) atoms. The first kappa shape index (κ1) is 15.0. The molecule has 0 aliphatic heterocycles. The van der Waals surface area contributed by atoms with Crippen LogP contribution in [-0.2, 0) is 16.3 Å². The van der Waals surface area contributed by atoms with E-state index in [0.29, 0.717) is 12.3 Å². The minimum atomic E-state index is -2.90. The number of rotatable bonds is 6. The van der Waals surface area contributed by atoms with Crippen molar-refractivity contribution in [3.63, 3.8) is 0 Å². The molecule has 0 heterocycles. The summed E-state index contributed by atoms with van der Waals surface area (Å²) >= 11 is 9.30. The lowest BCUT2D eigenvalue weighted by molar-refractivity contribution is 0.550. The van der Waals surface area contributed by atoms with E-state index in [1.165, 1.54) is 11.8 Å². The Morgan fingerprint density at radius 3 is 2.65 bits per heavy atom. The SMILES string of the molecule is CS(=O)(=O)CCC(CCl)Cc1cccc(Br)c1. The molecule has 0 aliphatic rings. The molecule has 0 aromatic heterocycles. The lowest BCUT2D eigenvalue weighted by Crippen LogP contribution is -2.13. The zero-order valence-electron chi connectivity index (χ0n) is 9.70. The molecule has 0 spiro atoms. The van der Waals surface area contributed by atoms with Crippen molar-refractivity contribution >= 4 is 37.4 Å². The third-order valence-electron chi connectivity index (χ3n) is 2.53. The van der Waals surface area contributed by atoms with E-state index in [9.17, 15) is 8.42 Å². The summed E-state index contributed by atoms with van der Waals surface area (Å²) in [6.07, 6.45) is 2.70. The molecule has 96 valence electrons. The zero-order chi connectivity index (χ0) is 12.9. The van der Waals surface area contributed by atoms with E-state index in [0.717, 1.165) is 10.9 Å². The van der Waals surface area contributed by atoms with E-state index >= 15 is 0 Å². The molecule has 0 bridgehead atoms. The van der Waals surface area contributed by atoms with E-state index in [2.05, 4.69) is 15.9 Å². The smallest absolute Gasteiger partial charge is 0.147 e. The van der Waals surface area contributed by atoms with Gasteiger partial charge in [-0.25, -0.2) is 8.42 Å². The molecule has 0 saturated heterocycles. The molecular weight excluding hydrogens is 324 g/mol. The minimum Gasteiger partial charge on any atom is -0.229 e. The maximum absolute atomic E-state index is 11.1. The van der Waals surface area contributed by atoms with Crippen molar-refractivity contribution < 1.29 is 8.42 Å². The Morgan fingerprint density at radius 1 is 1.41 bits per heavy atom. The lowest BCUT2D eigenvalue weighted by atomic mass is 9.99. The van der Waals surface area contributed by atoms with Gasteiger partial charge in [0.2, 0.25) is 0 Å². The summed E-state index contributed by atoms with van der Waals surface area (Å²) in [5.74, 6) is 0.904. The van der Waals surface area contributed by atoms with Crippen LogP contribution in [0.25, 0.3) is 0 Å². The van der Waals surface area contributed by atoms with E-state index in [1.807, 2.05) is 24.3 Å². The standard InChI is InChI=1S/C12H16BrClO2S/c1-17(15,16)6-5-11(9-14)7-10-3-2-4-12(13)8-10/h2-4,8,11H,5-7,9H2,1H3. The summed E-state index contributed by atoms with van der Waals surface area (Å²) in [5.41, 5.74) is 1.18. The Kier molecular flexibility index (Phi) is 5.97. The van der Waals surface area contributed by atoms with Crippen LogP contribution in [0.15, 0.2) is 28.7 Å². The minimum absolute atomic E-state index is 0.207. The van der Waals surface area contributed by atoms with Crippen molar-refractivity contribution in [2.45, 2.75) is 12.8 Å². The Hall–Kier alpha value is -0.0600. The molecule has 0 fully saturated rings. The summed E-state index contributed by atoms with van der Waals surface area (Å²) in [6.45, 7) is 0. The quantitative estimate of drug-likeness (QED) is 0.745. The van der Waals surface area contributed by atoms with Crippen LogP contribution < -0.4 is 0 Å². The molecule has 1 atom stereocenters. The molecule has 0 radical (unpaired) electrons. The van der Waals surface area contributed by atoms with Gasteiger partial charge in [-0.3, -0.25) is 0 Å². The predicted octanol–water partition coefficient (Wildman–Crippen LogP) is 3.28. The molecule has 0 N–H and O–H groups in total. The molecule has 0 amide bonds. The van der Waals surface area contributed by atoms with Gasteiger partial charge in [0.15, 0.2) is 0 Å². The highest BCUT2D eigenvalue weighted by molar-refractivity contribution is 9.10. The number of halogens is 2. The molecule has 0 aliphatic carbocycles. The Balaban J connectivity index is 2.58. The monoisotopic (exact) mass is 338 g/mol. The molecule has 1 aromatic rings. The second kappa shape index (κ2) is 6.76. The van der Waals surface area contributed by atoms with Crippen LogP contribution in [0.2, 0.25) is 0 Å². The van der Waals surface area contributed by atoms with Gasteiger partial charge in [-0.1, -0.05) is 28.1 Å². The van der Waals surface area contributed by atoms with Gasteiger partial charge in [-0.2, -0.15) is 0 Å². The van der Waals surface area contributed by atoms with Gasteiger partial charge < -0.3 is 0 Å². The van der Waals surface area contributed by atoms with Crippen LogP contribution in [0.4, 0.5) is 0 Å². The molecule has 1 aromatic carbocycles. The van der Waals surface area contributed by atoms with E-state index in [-0.39, 0.29) is 11.7 Å². The van der Waals surface area contributed by atoms with Crippen LogP contribution in [0, 0.1) is 5.92 Å². The van der Waals surface area contributed by atoms with Gasteiger partial charge in [-0.15, -0.1) is 11.6 Å². The molecule has 1 rings (SSSR count). The Bertz CT molecular complexity index is 459. The molecular formula is C12H16BrClO2S. The average Bonchev–Trinajstić information content (AvgIpc) is 2.23. The molecule has 2 nitrogen and oxygen atoms in total. The fraction of sp³-hybridized carbons (Fsp3) is 0.500. The van der Waals surface area contributed by atoms with Crippen LogP contribution >= 0.6 is 27.5 Å². The highest BCUT2D eigenvalue weighted by Gasteiger charge is 2.12. The number of benzene rings is 1. The summed E-state index contributed by atoms with van der Waals surface area (Å²) in [5, 5.41) is 0. The summed E-state index contributed by atoms with van der Waals surface area (Å²) < 4.78 is 23.2. The van der Waals surface area contributed by atoms with Crippen molar-refractivity contribution in [3.8, 4) is 0 Å². The van der Waals surface area contributed by atoms with Crippen molar-refractivity contribution in [3.05, 3.63) is 34.3 Å². The Morgan fingerprint density at radius 2 is 2.12 bits per heavy atom. The second-order valence-corrected chi connectivity index (χ2v) is 7.76. The summed E-state index contributed by atoms with van der Waals surface area (Å²) in [7, 11) is -2.90. The summed E-state index contributed by atoms with van der Waals surface area (Å²) in [4.78, 5) is 0. The van der Waals surface area contributed by atoms with Crippen LogP contribution in [0.3, 0.4) is 0 Å². The molecule has 1 unspecified atom stereocenters. The van der Waals surface area contributed by atoms with E-state index < -0.39 is 9.84 Å². The third kappa shape index (κ3) is 6.43. The van der Waals surface area contributed by atoms with Gasteiger partial charge in [0.05, 0.1) is 5.75 Å². The topological polar surface area (TPSA) is 34.1 Å². The van der Waals surface area contributed by atoms with Crippen LogP contribution in [-0.4, -0.2) is 26.3 Å². The van der Waals surface area contributed by atoms with Crippen molar-refractivity contribution in [1.82, 2.24) is 0 Å². The lowest BCUT2D eigenvalue weighted by Gasteiger charge is -2.13. The third-order valence-corrected chi connectivity index (χ3v) is 4.44. The Labute approximate surface area is 116 Å². The van der Waals surface area contributed by atoms with E-state index in [4.69, 9.17) is 11.6 Å². The first-order chi connectivity index (χ1) is 7.90. The zero-order valence-corrected chi connectivity index (χ0v) is 12.9. The van der Waals surface area contributed by atoms with Gasteiger partial charge >= 0.3 is 0 Å². The van der Waals surface area contributed by atoms with Crippen molar-refractivity contribution in [1.29, 1.82) is 0 Å². The number of hydrogen-bond acceptors (Lipinski definition) is 2. The fourth-order valence-electron chi connectivity index (χ4n) is 1.61. The van der Waals surface area contributed by atoms with Gasteiger partial charge in [0.25, 0.3) is 0 Å². The molecule has 0 saturated carbocycles. The van der Waals surface area contributed by atoms with Crippen molar-refractivity contribution in [2.24, 2.45) is 5.92 Å². The van der Waals surface area contributed by atoms with Gasteiger partial charge in [0.1, 0.15) is 9.84 Å². The second-order valence-electron chi connectivity index (χ2n) is 4.27. The predicted molar refractivity (Wildman–Crippen MR) is 76.4 cm³/mol.